The smallest absolute Gasteiger partial charge is 0.252 e. The van der Waals surface area contributed by atoms with E-state index in [1.165, 1.54) is 0 Å². The summed E-state index contributed by atoms with van der Waals surface area (Å²) in [5.74, 6) is 0.650. The molecule has 1 aromatic heterocycles. The minimum Gasteiger partial charge on any atom is -0.489 e. The number of aromatic nitrogens is 1. The van der Waals surface area contributed by atoms with Gasteiger partial charge in [-0.3, -0.25) is 9.78 Å². The average Bonchev–Trinajstić information content (AvgIpc) is 2.65. The number of nitrogens with one attached hydrogen (secondary N) is 1. The molecule has 0 aliphatic heterocycles. The molecule has 0 aliphatic carbocycles. The average molecular weight is 332 g/mol. The van der Waals surface area contributed by atoms with Crippen LogP contribution in [0.4, 0.5) is 0 Å². The Bertz CT molecular complexity index is 847. The Kier molecular flexibility index (Phi) is 5.42. The van der Waals surface area contributed by atoms with Crippen LogP contribution in [-0.2, 0) is 13.2 Å². The van der Waals surface area contributed by atoms with Crippen molar-refractivity contribution in [1.29, 1.82) is 0 Å². The second-order valence-electron chi connectivity index (χ2n) is 5.71. The lowest BCUT2D eigenvalue weighted by Gasteiger charge is -2.11. The van der Waals surface area contributed by atoms with Crippen molar-refractivity contribution in [2.45, 2.75) is 20.1 Å². The van der Waals surface area contributed by atoms with Gasteiger partial charge in [0, 0.05) is 16.8 Å². The molecule has 2 aromatic carbocycles. The van der Waals surface area contributed by atoms with Gasteiger partial charge in [-0.15, -0.1) is 0 Å². The van der Waals surface area contributed by atoms with Gasteiger partial charge in [-0.05, 0) is 37.3 Å². The molecular weight excluding hydrogens is 312 g/mol. The summed E-state index contributed by atoms with van der Waals surface area (Å²) < 4.78 is 5.77. The van der Waals surface area contributed by atoms with Gasteiger partial charge >= 0.3 is 0 Å². The first kappa shape index (κ1) is 16.7. The van der Waals surface area contributed by atoms with E-state index in [1.54, 1.807) is 0 Å². The SMILES string of the molecule is Cc1cccc(CNC(=O)c2ccccc2COc2ccccc2)n1. The number of aryl methyl sites for hydroxylation is 1. The molecule has 1 N–H and O–H groups in total. The third-order valence-electron chi connectivity index (χ3n) is 3.78. The van der Waals surface area contributed by atoms with E-state index >= 15 is 0 Å². The summed E-state index contributed by atoms with van der Waals surface area (Å²) in [6.45, 7) is 2.67. The molecule has 0 radical (unpaired) electrons. The molecule has 0 spiro atoms. The van der Waals surface area contributed by atoms with Gasteiger partial charge in [-0.2, -0.15) is 0 Å². The Balaban J connectivity index is 1.66. The largest absolute Gasteiger partial charge is 0.489 e. The van der Waals surface area contributed by atoms with Gasteiger partial charge in [-0.25, -0.2) is 0 Å². The van der Waals surface area contributed by atoms with Crippen LogP contribution in [0.15, 0.2) is 72.8 Å². The molecule has 126 valence electrons. The van der Waals surface area contributed by atoms with Crippen LogP contribution < -0.4 is 10.1 Å². The number of amides is 1. The summed E-state index contributed by atoms with van der Waals surface area (Å²) in [7, 11) is 0. The third kappa shape index (κ3) is 4.67. The first-order valence-electron chi connectivity index (χ1n) is 8.19. The van der Waals surface area contributed by atoms with Crippen LogP contribution in [0.3, 0.4) is 0 Å². The fourth-order valence-electron chi connectivity index (χ4n) is 2.51. The number of rotatable bonds is 6. The molecular formula is C21H20N2O2. The molecule has 4 nitrogen and oxygen atoms in total. The maximum Gasteiger partial charge on any atom is 0.252 e. The maximum absolute atomic E-state index is 12.5. The molecule has 3 aromatic rings. The third-order valence-corrected chi connectivity index (χ3v) is 3.78. The Morgan fingerprint density at radius 1 is 0.960 bits per heavy atom. The van der Waals surface area contributed by atoms with Crippen LogP contribution in [0.5, 0.6) is 5.75 Å². The molecule has 1 heterocycles. The standard InChI is InChI=1S/C21H20N2O2/c1-16-8-7-10-18(23-16)14-22-21(24)20-13-6-5-9-17(20)15-25-19-11-3-2-4-12-19/h2-13H,14-15H2,1H3,(H,22,24). The highest BCUT2D eigenvalue weighted by atomic mass is 16.5. The first-order valence-corrected chi connectivity index (χ1v) is 8.19. The minimum absolute atomic E-state index is 0.129. The number of hydrogen-bond donors (Lipinski definition) is 1. The molecule has 4 heteroatoms. The normalized spacial score (nSPS) is 10.3. The van der Waals surface area contributed by atoms with Crippen molar-refractivity contribution in [2.75, 3.05) is 0 Å². The van der Waals surface area contributed by atoms with E-state index in [0.29, 0.717) is 18.7 Å². The van der Waals surface area contributed by atoms with Gasteiger partial charge in [0.2, 0.25) is 0 Å². The zero-order valence-corrected chi connectivity index (χ0v) is 14.1. The molecule has 0 fully saturated rings. The first-order chi connectivity index (χ1) is 12.2. The molecule has 0 aliphatic rings. The van der Waals surface area contributed by atoms with E-state index in [4.69, 9.17) is 4.74 Å². The summed E-state index contributed by atoms with van der Waals surface area (Å²) in [4.78, 5) is 16.9. The van der Waals surface area contributed by atoms with Crippen LogP contribution in [0.25, 0.3) is 0 Å². The van der Waals surface area contributed by atoms with Gasteiger partial charge in [0.1, 0.15) is 12.4 Å². The predicted molar refractivity (Wildman–Crippen MR) is 97.4 cm³/mol. The van der Waals surface area contributed by atoms with Crippen molar-refractivity contribution in [2.24, 2.45) is 0 Å². The highest BCUT2D eigenvalue weighted by Gasteiger charge is 2.11. The summed E-state index contributed by atoms with van der Waals surface area (Å²) in [6.07, 6.45) is 0. The van der Waals surface area contributed by atoms with Gasteiger partial charge in [-0.1, -0.05) is 42.5 Å². The molecule has 3 rings (SSSR count). The van der Waals surface area contributed by atoms with Gasteiger partial charge < -0.3 is 10.1 Å². The number of hydrogen-bond acceptors (Lipinski definition) is 3. The lowest BCUT2D eigenvalue weighted by molar-refractivity contribution is 0.0948. The lowest BCUT2D eigenvalue weighted by atomic mass is 10.1. The van der Waals surface area contributed by atoms with Crippen LogP contribution in [0, 0.1) is 6.92 Å². The number of ether oxygens (including phenoxy) is 1. The molecule has 0 saturated carbocycles. The number of benzene rings is 2. The lowest BCUT2D eigenvalue weighted by Crippen LogP contribution is -2.24. The molecule has 0 unspecified atom stereocenters. The van der Waals surface area contributed by atoms with E-state index in [-0.39, 0.29) is 5.91 Å². The Hall–Kier alpha value is -3.14. The molecule has 0 saturated heterocycles. The summed E-state index contributed by atoms with van der Waals surface area (Å²) in [5, 5.41) is 2.92. The molecule has 0 atom stereocenters. The summed E-state index contributed by atoms with van der Waals surface area (Å²) in [6, 6.07) is 22.8. The topological polar surface area (TPSA) is 51.2 Å². The van der Waals surface area contributed by atoms with Crippen molar-refractivity contribution < 1.29 is 9.53 Å². The van der Waals surface area contributed by atoms with Crippen molar-refractivity contribution >= 4 is 5.91 Å². The van der Waals surface area contributed by atoms with Gasteiger partial charge in [0.25, 0.3) is 5.91 Å². The highest BCUT2D eigenvalue weighted by Crippen LogP contribution is 2.15. The van der Waals surface area contributed by atoms with E-state index in [2.05, 4.69) is 10.3 Å². The quantitative estimate of drug-likeness (QED) is 0.745. The van der Waals surface area contributed by atoms with Crippen molar-refractivity contribution in [3.8, 4) is 5.75 Å². The van der Waals surface area contributed by atoms with Crippen LogP contribution >= 0.6 is 0 Å². The zero-order chi connectivity index (χ0) is 17.5. The predicted octanol–water partition coefficient (Wildman–Crippen LogP) is 3.90. The Labute approximate surface area is 147 Å². The fourth-order valence-corrected chi connectivity index (χ4v) is 2.51. The number of carbonyl (C=O) groups is 1. The van der Waals surface area contributed by atoms with E-state index < -0.39 is 0 Å². The summed E-state index contributed by atoms with van der Waals surface area (Å²) >= 11 is 0. The number of pyridine rings is 1. The Morgan fingerprint density at radius 2 is 1.72 bits per heavy atom. The molecule has 0 bridgehead atoms. The highest BCUT2D eigenvalue weighted by molar-refractivity contribution is 5.95. The van der Waals surface area contributed by atoms with Gasteiger partial charge in [0.15, 0.2) is 0 Å². The summed E-state index contributed by atoms with van der Waals surface area (Å²) in [5.41, 5.74) is 3.24. The van der Waals surface area contributed by atoms with E-state index in [9.17, 15) is 4.79 Å². The number of nitrogens with zero attached hydrogens (tertiary/aromatic N) is 1. The molecule has 25 heavy (non-hydrogen) atoms. The Morgan fingerprint density at radius 3 is 2.52 bits per heavy atom. The number of carbonyl (C=O) groups excluding carboxylic acids is 1. The van der Waals surface area contributed by atoms with E-state index in [0.717, 1.165) is 22.7 Å². The van der Waals surface area contributed by atoms with Crippen LogP contribution in [0.1, 0.15) is 27.3 Å². The second-order valence-corrected chi connectivity index (χ2v) is 5.71. The zero-order valence-electron chi connectivity index (χ0n) is 14.1. The fraction of sp³-hybridized carbons (Fsp3) is 0.143. The van der Waals surface area contributed by atoms with Crippen molar-refractivity contribution in [1.82, 2.24) is 10.3 Å². The van der Waals surface area contributed by atoms with E-state index in [1.807, 2.05) is 79.7 Å². The van der Waals surface area contributed by atoms with Crippen molar-refractivity contribution in [3.63, 3.8) is 0 Å². The van der Waals surface area contributed by atoms with Crippen LogP contribution in [0.2, 0.25) is 0 Å². The monoisotopic (exact) mass is 332 g/mol. The second kappa shape index (κ2) is 8.11. The minimum atomic E-state index is -0.129. The molecule has 1 amide bonds. The number of para-hydroxylation sites is 1. The van der Waals surface area contributed by atoms with Crippen molar-refractivity contribution in [3.05, 3.63) is 95.3 Å². The maximum atomic E-state index is 12.5. The van der Waals surface area contributed by atoms with Crippen LogP contribution in [-0.4, -0.2) is 10.9 Å². The van der Waals surface area contributed by atoms with Gasteiger partial charge in [0.05, 0.1) is 12.2 Å².